The molecule has 3 aliphatic heterocycles. The molecular weight excluding hydrogens is 372 g/mol. The van der Waals surface area contributed by atoms with Gasteiger partial charge in [-0.25, -0.2) is 0 Å². The van der Waals surface area contributed by atoms with Gasteiger partial charge in [-0.15, -0.1) is 6.42 Å². The van der Waals surface area contributed by atoms with Crippen molar-refractivity contribution in [3.8, 4) is 12.3 Å². The Kier molecular flexibility index (Phi) is 2.63. The lowest BCUT2D eigenvalue weighted by Gasteiger charge is -2.40. The third-order valence-electron chi connectivity index (χ3n) is 5.54. The molecule has 0 aromatic heterocycles. The second-order valence-corrected chi connectivity index (χ2v) is 8.64. The van der Waals surface area contributed by atoms with Crippen molar-refractivity contribution in [3.05, 3.63) is 12.2 Å². The molecule has 0 unspecified atom stereocenters. The lowest BCUT2D eigenvalue weighted by Crippen LogP contribution is -2.47. The SMILES string of the molecule is C#C/C=C\[C@H]1[C@@H]2[C@H]3[C@H]4O[C@@H]2C[C@H]4O[C@@]3(Br)[C@]1(Br)CC. The maximum atomic E-state index is 6.39. The normalized spacial score (nSPS) is 61.2. The van der Waals surface area contributed by atoms with Gasteiger partial charge in [0.15, 0.2) is 0 Å². The maximum Gasteiger partial charge on any atom is 0.144 e. The van der Waals surface area contributed by atoms with E-state index in [-0.39, 0.29) is 21.0 Å². The zero-order valence-corrected chi connectivity index (χ0v) is 13.9. The molecule has 3 heterocycles. The Labute approximate surface area is 130 Å². The average molecular weight is 388 g/mol. The van der Waals surface area contributed by atoms with Crippen LogP contribution in [-0.2, 0) is 9.47 Å². The van der Waals surface area contributed by atoms with Crippen LogP contribution in [0.2, 0.25) is 0 Å². The predicted molar refractivity (Wildman–Crippen MR) is 80.2 cm³/mol. The summed E-state index contributed by atoms with van der Waals surface area (Å²) in [5, 5.41) is 0. The fourth-order valence-corrected chi connectivity index (χ4v) is 7.04. The van der Waals surface area contributed by atoms with Crippen molar-refractivity contribution in [1.82, 2.24) is 0 Å². The zero-order chi connectivity index (χ0) is 13.4. The van der Waals surface area contributed by atoms with Gasteiger partial charge < -0.3 is 9.47 Å². The molecule has 4 aliphatic rings. The highest BCUT2D eigenvalue weighted by atomic mass is 79.9. The Bertz CT molecular complexity index is 497. The van der Waals surface area contributed by atoms with E-state index in [0.717, 1.165) is 12.8 Å². The zero-order valence-electron chi connectivity index (χ0n) is 10.7. The molecule has 0 amide bonds. The van der Waals surface area contributed by atoms with E-state index < -0.39 is 0 Å². The van der Waals surface area contributed by atoms with Gasteiger partial charge in [-0.3, -0.25) is 0 Å². The lowest BCUT2D eigenvalue weighted by molar-refractivity contribution is 0.000337. The number of hydrogen-bond donors (Lipinski definition) is 0. The van der Waals surface area contributed by atoms with E-state index in [4.69, 9.17) is 15.9 Å². The van der Waals surface area contributed by atoms with E-state index in [2.05, 4.69) is 50.8 Å². The summed E-state index contributed by atoms with van der Waals surface area (Å²) in [6, 6.07) is 0. The standard InChI is InChI=1S/C15H16Br2O2/c1-3-5-6-8-11-9-7-10-13(18-9)12(11)15(17,19-10)14(8,16)4-2/h1,5-6,8-13H,4,7H2,2H3/b6-5-/t8-,9+,10+,11-,12-,13-,14-,15+/m0/s1. The summed E-state index contributed by atoms with van der Waals surface area (Å²) in [5.41, 5.74) is 0. The van der Waals surface area contributed by atoms with Gasteiger partial charge in [0.05, 0.1) is 22.6 Å². The van der Waals surface area contributed by atoms with Gasteiger partial charge in [-0.1, -0.05) is 50.8 Å². The van der Waals surface area contributed by atoms with E-state index >= 15 is 0 Å². The van der Waals surface area contributed by atoms with E-state index in [9.17, 15) is 0 Å². The minimum Gasteiger partial charge on any atom is -0.371 e. The Morgan fingerprint density at radius 1 is 1.42 bits per heavy atom. The largest absolute Gasteiger partial charge is 0.371 e. The van der Waals surface area contributed by atoms with Gasteiger partial charge in [0.1, 0.15) is 4.51 Å². The van der Waals surface area contributed by atoms with E-state index in [1.54, 1.807) is 0 Å². The van der Waals surface area contributed by atoms with Gasteiger partial charge in [0.25, 0.3) is 0 Å². The molecule has 0 aromatic carbocycles. The first kappa shape index (κ1) is 12.9. The molecule has 0 aromatic rings. The van der Waals surface area contributed by atoms with Crippen LogP contribution in [0.3, 0.4) is 0 Å². The second kappa shape index (κ2) is 3.88. The van der Waals surface area contributed by atoms with Crippen molar-refractivity contribution in [2.45, 2.75) is 46.9 Å². The highest BCUT2D eigenvalue weighted by Crippen LogP contribution is 2.73. The number of terminal acetylenes is 1. The number of ether oxygens (including phenoxy) is 2. The van der Waals surface area contributed by atoms with E-state index in [1.807, 2.05) is 6.08 Å². The molecule has 3 saturated heterocycles. The van der Waals surface area contributed by atoms with Crippen LogP contribution in [0.15, 0.2) is 12.2 Å². The molecule has 19 heavy (non-hydrogen) atoms. The third-order valence-corrected chi connectivity index (χ3v) is 9.17. The minimum absolute atomic E-state index is 0.0991. The molecule has 2 nitrogen and oxygen atoms in total. The maximum absolute atomic E-state index is 6.39. The number of halogens is 2. The Morgan fingerprint density at radius 2 is 2.21 bits per heavy atom. The Morgan fingerprint density at radius 3 is 2.89 bits per heavy atom. The van der Waals surface area contributed by atoms with Gasteiger partial charge in [0.2, 0.25) is 0 Å². The molecule has 1 aliphatic carbocycles. The topological polar surface area (TPSA) is 18.5 Å². The molecule has 8 atom stereocenters. The summed E-state index contributed by atoms with van der Waals surface area (Å²) in [6.45, 7) is 2.21. The molecule has 1 saturated carbocycles. The lowest BCUT2D eigenvalue weighted by atomic mass is 9.77. The number of alkyl halides is 2. The van der Waals surface area contributed by atoms with Crippen LogP contribution < -0.4 is 0 Å². The average Bonchev–Trinajstić information content (AvgIpc) is 3.03. The summed E-state index contributed by atoms with van der Waals surface area (Å²) in [4.78, 5) is 0. The van der Waals surface area contributed by atoms with E-state index in [0.29, 0.717) is 23.9 Å². The second-order valence-electron chi connectivity index (χ2n) is 6.05. The van der Waals surface area contributed by atoms with Crippen LogP contribution in [0, 0.1) is 30.1 Å². The first-order valence-corrected chi connectivity index (χ1v) is 8.49. The highest BCUT2D eigenvalue weighted by Gasteiger charge is 2.80. The Balaban J connectivity index is 1.85. The van der Waals surface area contributed by atoms with Crippen LogP contribution in [0.1, 0.15) is 19.8 Å². The smallest absolute Gasteiger partial charge is 0.144 e. The van der Waals surface area contributed by atoms with Crippen LogP contribution in [0.5, 0.6) is 0 Å². The molecule has 0 N–H and O–H groups in total. The number of fused-ring (bicyclic) bond motifs is 2. The van der Waals surface area contributed by atoms with Crippen molar-refractivity contribution < 1.29 is 9.47 Å². The molecule has 0 radical (unpaired) electrons. The summed E-state index contributed by atoms with van der Waals surface area (Å²) in [7, 11) is 0. The molecule has 4 heteroatoms. The van der Waals surface area contributed by atoms with Gasteiger partial charge in [0, 0.05) is 24.2 Å². The summed E-state index contributed by atoms with van der Waals surface area (Å²) in [5.74, 6) is 3.92. The number of rotatable bonds is 2. The molecular formula is C15H16Br2O2. The summed E-state index contributed by atoms with van der Waals surface area (Å²) >= 11 is 7.95. The third kappa shape index (κ3) is 1.27. The molecule has 0 spiro atoms. The fourth-order valence-electron chi connectivity index (χ4n) is 4.87. The van der Waals surface area contributed by atoms with Crippen LogP contribution in [0.25, 0.3) is 0 Å². The van der Waals surface area contributed by atoms with E-state index in [1.165, 1.54) is 0 Å². The molecule has 2 bridgehead atoms. The van der Waals surface area contributed by atoms with Crippen LogP contribution in [-0.4, -0.2) is 27.1 Å². The van der Waals surface area contributed by atoms with Crippen molar-refractivity contribution in [3.63, 3.8) is 0 Å². The number of hydrogen-bond acceptors (Lipinski definition) is 2. The van der Waals surface area contributed by atoms with Crippen molar-refractivity contribution in [1.29, 1.82) is 0 Å². The molecule has 4 fully saturated rings. The van der Waals surface area contributed by atoms with Crippen molar-refractivity contribution >= 4 is 31.9 Å². The highest BCUT2D eigenvalue weighted by molar-refractivity contribution is 9.13. The number of allylic oxidation sites excluding steroid dienone is 2. The van der Waals surface area contributed by atoms with Gasteiger partial charge in [-0.05, 0) is 12.5 Å². The Hall–Kier alpha value is 0.180. The quantitative estimate of drug-likeness (QED) is 0.534. The van der Waals surface area contributed by atoms with Crippen LogP contribution in [0.4, 0.5) is 0 Å². The molecule has 4 rings (SSSR count). The fraction of sp³-hybridized carbons (Fsp3) is 0.733. The first-order valence-electron chi connectivity index (χ1n) is 6.90. The van der Waals surface area contributed by atoms with Crippen molar-refractivity contribution in [2.24, 2.45) is 17.8 Å². The van der Waals surface area contributed by atoms with Crippen LogP contribution >= 0.6 is 31.9 Å². The molecule has 102 valence electrons. The first-order chi connectivity index (χ1) is 9.06. The van der Waals surface area contributed by atoms with Gasteiger partial charge >= 0.3 is 0 Å². The minimum atomic E-state index is -0.316. The predicted octanol–water partition coefficient (Wildman–Crippen LogP) is 3.24. The monoisotopic (exact) mass is 386 g/mol. The summed E-state index contributed by atoms with van der Waals surface area (Å²) < 4.78 is 12.1. The summed E-state index contributed by atoms with van der Waals surface area (Å²) in [6.07, 6.45) is 12.3. The van der Waals surface area contributed by atoms with Crippen molar-refractivity contribution in [2.75, 3.05) is 0 Å². The van der Waals surface area contributed by atoms with Gasteiger partial charge in [-0.2, -0.15) is 0 Å².